The van der Waals surface area contributed by atoms with E-state index in [1.807, 2.05) is 0 Å². The van der Waals surface area contributed by atoms with Crippen molar-refractivity contribution in [1.82, 2.24) is 0 Å². The van der Waals surface area contributed by atoms with Crippen molar-refractivity contribution < 1.29 is 9.13 Å². The number of nitrogens with two attached hydrogens (primary N) is 1. The van der Waals surface area contributed by atoms with Crippen molar-refractivity contribution in [3.05, 3.63) is 34.6 Å². The van der Waals surface area contributed by atoms with Crippen LogP contribution in [0.2, 0.25) is 5.02 Å². The van der Waals surface area contributed by atoms with Crippen LogP contribution in [-0.4, -0.2) is 13.2 Å². The van der Waals surface area contributed by atoms with E-state index in [-0.39, 0.29) is 11.9 Å². The highest BCUT2D eigenvalue weighted by atomic mass is 35.5. The molecule has 0 saturated carbocycles. The third kappa shape index (κ3) is 2.54. The van der Waals surface area contributed by atoms with Gasteiger partial charge in [0, 0.05) is 24.3 Å². The molecular formula is C12H15ClFNO. The van der Waals surface area contributed by atoms with Crippen LogP contribution in [0.5, 0.6) is 0 Å². The van der Waals surface area contributed by atoms with Crippen molar-refractivity contribution in [3.8, 4) is 0 Å². The van der Waals surface area contributed by atoms with E-state index in [0.29, 0.717) is 16.5 Å². The zero-order valence-electron chi connectivity index (χ0n) is 8.96. The lowest BCUT2D eigenvalue weighted by Gasteiger charge is -2.28. The number of halogens is 2. The second-order valence-electron chi connectivity index (χ2n) is 4.14. The molecule has 2 N–H and O–H groups in total. The van der Waals surface area contributed by atoms with Crippen LogP contribution in [0, 0.1) is 11.7 Å². The molecule has 1 aliphatic rings. The molecule has 16 heavy (non-hydrogen) atoms. The van der Waals surface area contributed by atoms with Gasteiger partial charge in [-0.05, 0) is 42.5 Å². The summed E-state index contributed by atoms with van der Waals surface area (Å²) in [7, 11) is 0. The highest BCUT2D eigenvalue weighted by Crippen LogP contribution is 2.32. The molecule has 0 radical (unpaired) electrons. The summed E-state index contributed by atoms with van der Waals surface area (Å²) in [5.74, 6) is 0.0370. The first-order valence-electron chi connectivity index (χ1n) is 5.47. The molecule has 1 aromatic rings. The number of benzene rings is 1. The van der Waals surface area contributed by atoms with E-state index < -0.39 is 0 Å². The van der Waals surface area contributed by atoms with Crippen LogP contribution in [0.15, 0.2) is 18.2 Å². The molecule has 2 nitrogen and oxygen atoms in total. The van der Waals surface area contributed by atoms with Gasteiger partial charge in [0.2, 0.25) is 0 Å². The summed E-state index contributed by atoms with van der Waals surface area (Å²) in [4.78, 5) is 0. The third-order valence-electron chi connectivity index (χ3n) is 3.09. The minimum atomic E-state index is -0.290. The Bertz CT molecular complexity index is 366. The molecular weight excluding hydrogens is 229 g/mol. The van der Waals surface area contributed by atoms with Crippen molar-refractivity contribution >= 4 is 11.6 Å². The average Bonchev–Trinajstić information content (AvgIpc) is 2.32. The lowest BCUT2D eigenvalue weighted by Crippen LogP contribution is -2.27. The Balaban J connectivity index is 2.18. The molecule has 1 heterocycles. The van der Waals surface area contributed by atoms with Crippen LogP contribution in [0.4, 0.5) is 4.39 Å². The van der Waals surface area contributed by atoms with Gasteiger partial charge in [-0.3, -0.25) is 0 Å². The van der Waals surface area contributed by atoms with Gasteiger partial charge in [-0.2, -0.15) is 0 Å². The van der Waals surface area contributed by atoms with Gasteiger partial charge in [-0.15, -0.1) is 0 Å². The van der Waals surface area contributed by atoms with Crippen molar-refractivity contribution in [3.63, 3.8) is 0 Å². The standard InChI is InChI=1S/C12H15ClFNO/c13-11-2-1-9(14)7-10(11)12(15)8-3-5-16-6-4-8/h1-2,7-8,12H,3-6,15H2/t12-/m1/s1. The van der Waals surface area contributed by atoms with Gasteiger partial charge >= 0.3 is 0 Å². The van der Waals surface area contributed by atoms with Gasteiger partial charge < -0.3 is 10.5 Å². The lowest BCUT2D eigenvalue weighted by molar-refractivity contribution is 0.0583. The van der Waals surface area contributed by atoms with Gasteiger partial charge in [-0.25, -0.2) is 4.39 Å². The summed E-state index contributed by atoms with van der Waals surface area (Å²) < 4.78 is 18.4. The third-order valence-corrected chi connectivity index (χ3v) is 3.44. The zero-order valence-corrected chi connectivity index (χ0v) is 9.71. The molecule has 0 amide bonds. The first-order chi connectivity index (χ1) is 7.68. The largest absolute Gasteiger partial charge is 0.381 e. The molecule has 1 aromatic carbocycles. The molecule has 1 saturated heterocycles. The molecule has 0 aliphatic carbocycles. The summed E-state index contributed by atoms with van der Waals surface area (Å²) in [6.07, 6.45) is 1.82. The van der Waals surface area contributed by atoms with Crippen molar-refractivity contribution in [2.45, 2.75) is 18.9 Å². The Labute approximate surface area is 99.5 Å². The van der Waals surface area contributed by atoms with E-state index in [2.05, 4.69) is 0 Å². The summed E-state index contributed by atoms with van der Waals surface area (Å²) in [5, 5.41) is 0.542. The van der Waals surface area contributed by atoms with Gasteiger partial charge in [0.05, 0.1) is 0 Å². The van der Waals surface area contributed by atoms with Crippen LogP contribution in [0.1, 0.15) is 24.4 Å². The summed E-state index contributed by atoms with van der Waals surface area (Å²) in [5.41, 5.74) is 6.84. The fourth-order valence-corrected chi connectivity index (χ4v) is 2.34. The quantitative estimate of drug-likeness (QED) is 0.867. The van der Waals surface area contributed by atoms with Crippen LogP contribution < -0.4 is 5.73 Å². The summed E-state index contributed by atoms with van der Waals surface area (Å²) >= 11 is 6.03. The first kappa shape index (κ1) is 11.8. The topological polar surface area (TPSA) is 35.2 Å². The molecule has 0 bridgehead atoms. The highest BCUT2D eigenvalue weighted by Gasteiger charge is 2.24. The van der Waals surface area contributed by atoms with E-state index in [0.717, 1.165) is 26.1 Å². The smallest absolute Gasteiger partial charge is 0.123 e. The molecule has 2 rings (SSSR count). The van der Waals surface area contributed by atoms with E-state index in [1.54, 1.807) is 6.07 Å². The predicted octanol–water partition coefficient (Wildman–Crippen LogP) is 2.91. The Morgan fingerprint density at radius 2 is 2.06 bits per heavy atom. The molecule has 88 valence electrons. The van der Waals surface area contributed by atoms with Crippen molar-refractivity contribution in [1.29, 1.82) is 0 Å². The maximum Gasteiger partial charge on any atom is 0.123 e. The molecule has 0 aromatic heterocycles. The number of hydrogen-bond donors (Lipinski definition) is 1. The molecule has 1 fully saturated rings. The molecule has 4 heteroatoms. The van der Waals surface area contributed by atoms with Gasteiger partial charge in [-0.1, -0.05) is 11.6 Å². The Morgan fingerprint density at radius 1 is 1.38 bits per heavy atom. The van der Waals surface area contributed by atoms with Crippen LogP contribution in [0.3, 0.4) is 0 Å². The maximum absolute atomic E-state index is 13.1. The zero-order chi connectivity index (χ0) is 11.5. The van der Waals surface area contributed by atoms with E-state index in [9.17, 15) is 4.39 Å². The number of ether oxygens (including phenoxy) is 1. The normalized spacial score (nSPS) is 19.7. The summed E-state index contributed by atoms with van der Waals surface area (Å²) in [6, 6.07) is 4.14. The fourth-order valence-electron chi connectivity index (χ4n) is 2.10. The van der Waals surface area contributed by atoms with E-state index in [1.165, 1.54) is 12.1 Å². The molecule has 1 aliphatic heterocycles. The second kappa shape index (κ2) is 5.13. The summed E-state index contributed by atoms with van der Waals surface area (Å²) in [6.45, 7) is 1.45. The van der Waals surface area contributed by atoms with Gasteiger partial charge in [0.1, 0.15) is 5.82 Å². The van der Waals surface area contributed by atoms with E-state index >= 15 is 0 Å². The highest BCUT2D eigenvalue weighted by molar-refractivity contribution is 6.31. The Hall–Kier alpha value is -0.640. The van der Waals surface area contributed by atoms with Crippen LogP contribution >= 0.6 is 11.6 Å². The van der Waals surface area contributed by atoms with Crippen molar-refractivity contribution in [2.24, 2.45) is 11.7 Å². The number of rotatable bonds is 2. The average molecular weight is 244 g/mol. The minimum absolute atomic E-state index is 0.202. The predicted molar refractivity (Wildman–Crippen MR) is 61.9 cm³/mol. The molecule has 1 atom stereocenters. The minimum Gasteiger partial charge on any atom is -0.381 e. The maximum atomic E-state index is 13.1. The Kier molecular flexibility index (Phi) is 3.79. The fraction of sp³-hybridized carbons (Fsp3) is 0.500. The molecule has 0 spiro atoms. The number of hydrogen-bond acceptors (Lipinski definition) is 2. The SMILES string of the molecule is N[C@@H](c1cc(F)ccc1Cl)C1CCOCC1. The first-order valence-corrected chi connectivity index (χ1v) is 5.84. The Morgan fingerprint density at radius 3 is 2.75 bits per heavy atom. The van der Waals surface area contributed by atoms with Gasteiger partial charge in [0.15, 0.2) is 0 Å². The molecule has 0 unspecified atom stereocenters. The van der Waals surface area contributed by atoms with Gasteiger partial charge in [0.25, 0.3) is 0 Å². The van der Waals surface area contributed by atoms with Crippen LogP contribution in [0.25, 0.3) is 0 Å². The monoisotopic (exact) mass is 243 g/mol. The second-order valence-corrected chi connectivity index (χ2v) is 4.55. The van der Waals surface area contributed by atoms with Crippen molar-refractivity contribution in [2.75, 3.05) is 13.2 Å². The van der Waals surface area contributed by atoms with Crippen LogP contribution in [-0.2, 0) is 4.74 Å². The lowest BCUT2D eigenvalue weighted by atomic mass is 9.88. The van der Waals surface area contributed by atoms with E-state index in [4.69, 9.17) is 22.1 Å².